The Balaban J connectivity index is 1.83. The average molecular weight is 310 g/mol. The molecule has 1 atom stereocenters. The normalized spacial score (nSPS) is 17.7. The van der Waals surface area contributed by atoms with Gasteiger partial charge in [0.25, 0.3) is 5.91 Å². The van der Waals surface area contributed by atoms with Crippen molar-refractivity contribution in [3.8, 4) is 11.1 Å². The van der Waals surface area contributed by atoms with Gasteiger partial charge in [-0.3, -0.25) is 9.78 Å². The molecule has 2 heterocycles. The van der Waals surface area contributed by atoms with Gasteiger partial charge in [-0.05, 0) is 44.3 Å². The number of hydrogen-bond donors (Lipinski definition) is 1. The van der Waals surface area contributed by atoms with E-state index in [2.05, 4.69) is 24.0 Å². The molecule has 3 rings (SSSR count). The summed E-state index contributed by atoms with van der Waals surface area (Å²) in [7, 11) is 4.12. The largest absolute Gasteiger partial charge is 0.398 e. The van der Waals surface area contributed by atoms with Crippen LogP contribution in [0.4, 0.5) is 5.69 Å². The Kier molecular flexibility index (Phi) is 4.30. The summed E-state index contributed by atoms with van der Waals surface area (Å²) in [5.41, 5.74) is 9.15. The van der Waals surface area contributed by atoms with E-state index in [-0.39, 0.29) is 5.91 Å². The van der Waals surface area contributed by atoms with E-state index >= 15 is 0 Å². The maximum absolute atomic E-state index is 12.7. The first-order valence-corrected chi connectivity index (χ1v) is 7.82. The van der Waals surface area contributed by atoms with E-state index in [4.69, 9.17) is 5.73 Å². The van der Waals surface area contributed by atoms with Crippen LogP contribution in [0.1, 0.15) is 16.8 Å². The third kappa shape index (κ3) is 3.19. The predicted molar refractivity (Wildman–Crippen MR) is 92.1 cm³/mol. The van der Waals surface area contributed by atoms with Crippen LogP contribution in [-0.2, 0) is 0 Å². The number of anilines is 1. The van der Waals surface area contributed by atoms with E-state index in [0.717, 1.165) is 30.6 Å². The van der Waals surface area contributed by atoms with Crippen molar-refractivity contribution in [1.82, 2.24) is 14.8 Å². The lowest BCUT2D eigenvalue weighted by atomic mass is 10.0. The lowest BCUT2D eigenvalue weighted by molar-refractivity contribution is 0.0783. The van der Waals surface area contributed by atoms with Gasteiger partial charge in [0.1, 0.15) is 0 Å². The molecule has 1 saturated heterocycles. The SMILES string of the molecule is CN(C)[C@@H]1CCN(C(=O)c2cccc(-c3cnccc3N)c2)C1. The Morgan fingerprint density at radius 2 is 2.17 bits per heavy atom. The van der Waals surface area contributed by atoms with Gasteiger partial charge >= 0.3 is 0 Å². The summed E-state index contributed by atoms with van der Waals surface area (Å²) in [5, 5.41) is 0. The molecule has 0 saturated carbocycles. The van der Waals surface area contributed by atoms with Crippen molar-refractivity contribution in [2.75, 3.05) is 32.9 Å². The van der Waals surface area contributed by atoms with Gasteiger partial charge in [0.2, 0.25) is 0 Å². The molecular formula is C18H22N4O. The number of likely N-dealkylation sites (N-methyl/N-ethyl adjacent to an activating group) is 1. The molecule has 1 aromatic heterocycles. The number of nitrogens with zero attached hydrogens (tertiary/aromatic N) is 3. The molecule has 1 aliphatic heterocycles. The zero-order chi connectivity index (χ0) is 16.4. The van der Waals surface area contributed by atoms with Crippen molar-refractivity contribution in [2.24, 2.45) is 0 Å². The van der Waals surface area contributed by atoms with Gasteiger partial charge in [-0.15, -0.1) is 0 Å². The van der Waals surface area contributed by atoms with E-state index in [9.17, 15) is 4.79 Å². The monoisotopic (exact) mass is 310 g/mol. The molecule has 2 N–H and O–H groups in total. The second-order valence-electron chi connectivity index (χ2n) is 6.20. The minimum atomic E-state index is 0.0821. The number of nitrogens with two attached hydrogens (primary N) is 1. The first kappa shape index (κ1) is 15.5. The van der Waals surface area contributed by atoms with Gasteiger partial charge in [0.15, 0.2) is 0 Å². The number of hydrogen-bond acceptors (Lipinski definition) is 4. The number of rotatable bonds is 3. The number of pyridine rings is 1. The van der Waals surface area contributed by atoms with Crippen molar-refractivity contribution in [3.63, 3.8) is 0 Å². The van der Waals surface area contributed by atoms with E-state index in [1.807, 2.05) is 29.2 Å². The number of benzene rings is 1. The molecule has 0 aliphatic carbocycles. The highest BCUT2D eigenvalue weighted by atomic mass is 16.2. The van der Waals surface area contributed by atoms with Gasteiger partial charge < -0.3 is 15.5 Å². The van der Waals surface area contributed by atoms with Crippen LogP contribution < -0.4 is 5.73 Å². The second kappa shape index (κ2) is 6.38. The van der Waals surface area contributed by atoms with Crippen LogP contribution in [0.25, 0.3) is 11.1 Å². The minimum Gasteiger partial charge on any atom is -0.398 e. The number of likely N-dealkylation sites (tertiary alicyclic amines) is 1. The lowest BCUT2D eigenvalue weighted by Gasteiger charge is -2.20. The van der Waals surface area contributed by atoms with Gasteiger partial charge in [-0.2, -0.15) is 0 Å². The standard InChI is InChI=1S/C18H22N4O/c1-21(2)15-7-9-22(12-15)18(23)14-5-3-4-13(10-14)16-11-20-8-6-17(16)19/h3-6,8,10-11,15H,7,9,12H2,1-2H3,(H2,19,20)/t15-/m1/s1. The zero-order valence-corrected chi connectivity index (χ0v) is 13.6. The molecule has 2 aromatic rings. The van der Waals surface area contributed by atoms with Gasteiger partial charge in [-0.1, -0.05) is 12.1 Å². The number of carbonyl (C=O) groups is 1. The van der Waals surface area contributed by atoms with Crippen molar-refractivity contribution in [3.05, 3.63) is 48.3 Å². The summed E-state index contributed by atoms with van der Waals surface area (Å²) < 4.78 is 0. The highest BCUT2D eigenvalue weighted by molar-refractivity contribution is 5.96. The molecule has 5 nitrogen and oxygen atoms in total. The molecule has 23 heavy (non-hydrogen) atoms. The highest BCUT2D eigenvalue weighted by Crippen LogP contribution is 2.26. The Labute approximate surface area is 136 Å². The minimum absolute atomic E-state index is 0.0821. The molecule has 1 amide bonds. The fraction of sp³-hybridized carbons (Fsp3) is 0.333. The van der Waals surface area contributed by atoms with Gasteiger partial charge in [0, 0.05) is 48.3 Å². The summed E-state index contributed by atoms with van der Waals surface area (Å²) >= 11 is 0. The van der Waals surface area contributed by atoms with Crippen LogP contribution in [0.3, 0.4) is 0 Å². The van der Waals surface area contributed by atoms with E-state index in [0.29, 0.717) is 17.3 Å². The number of carbonyl (C=O) groups excluding carboxylic acids is 1. The van der Waals surface area contributed by atoms with Crippen LogP contribution in [0.2, 0.25) is 0 Å². The van der Waals surface area contributed by atoms with Gasteiger partial charge in [-0.25, -0.2) is 0 Å². The topological polar surface area (TPSA) is 62.5 Å². The maximum atomic E-state index is 12.7. The third-order valence-electron chi connectivity index (χ3n) is 4.46. The Morgan fingerprint density at radius 3 is 2.87 bits per heavy atom. The summed E-state index contributed by atoms with van der Waals surface area (Å²) in [4.78, 5) is 21.0. The number of aromatic nitrogens is 1. The predicted octanol–water partition coefficient (Wildman–Crippen LogP) is 2.11. The van der Waals surface area contributed by atoms with Crippen LogP contribution in [0.5, 0.6) is 0 Å². The maximum Gasteiger partial charge on any atom is 0.253 e. The van der Waals surface area contributed by atoms with Crippen LogP contribution in [0.15, 0.2) is 42.7 Å². The lowest BCUT2D eigenvalue weighted by Crippen LogP contribution is -2.34. The van der Waals surface area contributed by atoms with Crippen molar-refractivity contribution in [1.29, 1.82) is 0 Å². The summed E-state index contributed by atoms with van der Waals surface area (Å²) in [6.45, 7) is 1.59. The third-order valence-corrected chi connectivity index (χ3v) is 4.46. The van der Waals surface area contributed by atoms with E-state index in [1.165, 1.54) is 0 Å². The molecule has 120 valence electrons. The van der Waals surface area contributed by atoms with E-state index < -0.39 is 0 Å². The molecule has 5 heteroatoms. The van der Waals surface area contributed by atoms with Crippen molar-refractivity contribution < 1.29 is 4.79 Å². The molecule has 0 bridgehead atoms. The summed E-state index contributed by atoms with van der Waals surface area (Å²) in [5.74, 6) is 0.0821. The number of amides is 1. The molecule has 1 fully saturated rings. The van der Waals surface area contributed by atoms with Crippen molar-refractivity contribution >= 4 is 11.6 Å². The van der Waals surface area contributed by atoms with Crippen molar-refractivity contribution in [2.45, 2.75) is 12.5 Å². The molecular weight excluding hydrogens is 288 g/mol. The second-order valence-corrected chi connectivity index (χ2v) is 6.20. The van der Waals surface area contributed by atoms with E-state index in [1.54, 1.807) is 18.5 Å². The van der Waals surface area contributed by atoms with Crippen LogP contribution >= 0.6 is 0 Å². The highest BCUT2D eigenvalue weighted by Gasteiger charge is 2.28. The summed E-state index contributed by atoms with van der Waals surface area (Å²) in [6, 6.07) is 9.83. The molecule has 0 spiro atoms. The average Bonchev–Trinajstić information content (AvgIpc) is 3.05. The van der Waals surface area contributed by atoms with Gasteiger partial charge in [0.05, 0.1) is 0 Å². The first-order chi connectivity index (χ1) is 11.1. The molecule has 1 aromatic carbocycles. The molecule has 0 unspecified atom stereocenters. The fourth-order valence-corrected chi connectivity index (χ4v) is 3.00. The Morgan fingerprint density at radius 1 is 1.35 bits per heavy atom. The smallest absolute Gasteiger partial charge is 0.253 e. The Bertz CT molecular complexity index is 714. The molecule has 1 aliphatic rings. The first-order valence-electron chi connectivity index (χ1n) is 7.82. The van der Waals surface area contributed by atoms with Crippen LogP contribution in [-0.4, -0.2) is 53.9 Å². The quantitative estimate of drug-likeness (QED) is 0.943. The van der Waals surface area contributed by atoms with Crippen LogP contribution in [0, 0.1) is 0 Å². The molecule has 0 radical (unpaired) electrons. The number of nitrogen functional groups attached to an aromatic ring is 1. The fourth-order valence-electron chi connectivity index (χ4n) is 3.00. The Hall–Kier alpha value is -2.40. The summed E-state index contributed by atoms with van der Waals surface area (Å²) in [6.07, 6.45) is 4.42. The zero-order valence-electron chi connectivity index (χ0n) is 13.6.